The third-order valence-corrected chi connectivity index (χ3v) is 4.37. The summed E-state index contributed by atoms with van der Waals surface area (Å²) in [5.41, 5.74) is 0. The molecule has 0 rings (SSSR count). The molecule has 0 bridgehead atoms. The third-order valence-electron chi connectivity index (χ3n) is 3.86. The van der Waals surface area contributed by atoms with Crippen LogP contribution in [-0.2, 0) is 9.53 Å². The van der Waals surface area contributed by atoms with Gasteiger partial charge in [-0.15, -0.1) is 11.6 Å². The first-order valence-corrected chi connectivity index (χ1v) is 8.94. The Morgan fingerprint density at radius 2 is 1.57 bits per heavy atom. The number of hydrogen-bond donors (Lipinski definition) is 1. The van der Waals surface area contributed by atoms with Gasteiger partial charge in [0.15, 0.2) is 0 Å². The predicted octanol–water partition coefficient (Wildman–Crippen LogP) is 4.83. The summed E-state index contributed by atoms with van der Waals surface area (Å²) in [5.74, 6) is -0.126. The molecular formula is C17H33ClO3. The van der Waals surface area contributed by atoms with Crippen molar-refractivity contribution in [2.24, 2.45) is 0 Å². The fraction of sp³-hybridized carbons (Fsp3) is 0.941. The summed E-state index contributed by atoms with van der Waals surface area (Å²) >= 11 is 6.22. The Balaban J connectivity index is 3.39. The van der Waals surface area contributed by atoms with E-state index in [9.17, 15) is 9.90 Å². The molecule has 0 aromatic heterocycles. The van der Waals surface area contributed by atoms with Crippen LogP contribution in [0.1, 0.15) is 84.0 Å². The number of ether oxygens (including phenoxy) is 1. The van der Waals surface area contributed by atoms with Gasteiger partial charge in [0.2, 0.25) is 0 Å². The fourth-order valence-corrected chi connectivity index (χ4v) is 2.67. The fourth-order valence-electron chi connectivity index (χ4n) is 2.39. The Labute approximate surface area is 135 Å². The lowest BCUT2D eigenvalue weighted by atomic mass is 10.0. The van der Waals surface area contributed by atoms with Gasteiger partial charge in [0.25, 0.3) is 0 Å². The number of halogens is 1. The molecule has 4 heteroatoms. The minimum atomic E-state index is -0.372. The molecule has 0 aliphatic rings. The van der Waals surface area contributed by atoms with E-state index in [2.05, 4.69) is 11.7 Å². The molecule has 0 aliphatic heterocycles. The number of rotatable bonds is 14. The largest absolute Gasteiger partial charge is 0.469 e. The Morgan fingerprint density at radius 1 is 1.00 bits per heavy atom. The Kier molecular flexibility index (Phi) is 14.5. The summed E-state index contributed by atoms with van der Waals surface area (Å²) in [6, 6.07) is 0. The standard InChI is InChI=1S/C17H33ClO3/c1-3-4-5-9-12-15(18)16(19)13-10-7-6-8-11-14-17(20)21-2/h15-16,19H,3-14H2,1-2H3/t15-,16+/m0/s1. The zero-order chi connectivity index (χ0) is 15.9. The maximum atomic E-state index is 10.9. The van der Waals surface area contributed by atoms with Crippen molar-refractivity contribution in [1.29, 1.82) is 0 Å². The van der Waals surface area contributed by atoms with Crippen molar-refractivity contribution in [3.63, 3.8) is 0 Å². The number of hydrogen-bond acceptors (Lipinski definition) is 3. The van der Waals surface area contributed by atoms with E-state index in [1.807, 2.05) is 0 Å². The second kappa shape index (κ2) is 14.6. The SMILES string of the molecule is CCCCCC[C@H](Cl)[C@H](O)CCCCCCCC(=O)OC. The summed E-state index contributed by atoms with van der Waals surface area (Å²) < 4.78 is 4.60. The van der Waals surface area contributed by atoms with E-state index in [4.69, 9.17) is 11.6 Å². The predicted molar refractivity (Wildman–Crippen MR) is 88.7 cm³/mol. The van der Waals surface area contributed by atoms with Gasteiger partial charge in [0.05, 0.1) is 18.6 Å². The lowest BCUT2D eigenvalue weighted by molar-refractivity contribution is -0.140. The van der Waals surface area contributed by atoms with E-state index < -0.39 is 0 Å². The molecule has 3 nitrogen and oxygen atoms in total. The minimum Gasteiger partial charge on any atom is -0.469 e. The van der Waals surface area contributed by atoms with Gasteiger partial charge in [-0.3, -0.25) is 4.79 Å². The van der Waals surface area contributed by atoms with Crippen LogP contribution in [0.4, 0.5) is 0 Å². The molecule has 0 fully saturated rings. The Hall–Kier alpha value is -0.280. The number of alkyl halides is 1. The van der Waals surface area contributed by atoms with E-state index >= 15 is 0 Å². The average molecular weight is 321 g/mol. The normalized spacial score (nSPS) is 13.9. The van der Waals surface area contributed by atoms with Crippen LogP contribution >= 0.6 is 11.6 Å². The van der Waals surface area contributed by atoms with E-state index in [0.29, 0.717) is 6.42 Å². The number of methoxy groups -OCH3 is 1. The molecular weight excluding hydrogens is 288 g/mol. The Bertz CT molecular complexity index is 246. The van der Waals surface area contributed by atoms with Crippen molar-refractivity contribution in [2.75, 3.05) is 7.11 Å². The van der Waals surface area contributed by atoms with Crippen LogP contribution in [0.3, 0.4) is 0 Å². The molecule has 0 aromatic carbocycles. The van der Waals surface area contributed by atoms with Crippen molar-refractivity contribution in [3.05, 3.63) is 0 Å². The van der Waals surface area contributed by atoms with Crippen LogP contribution in [0.2, 0.25) is 0 Å². The Morgan fingerprint density at radius 3 is 2.24 bits per heavy atom. The molecule has 0 saturated heterocycles. The molecule has 0 radical (unpaired) electrons. The highest BCUT2D eigenvalue weighted by atomic mass is 35.5. The summed E-state index contributed by atoms with van der Waals surface area (Å²) in [7, 11) is 1.43. The van der Waals surface area contributed by atoms with Crippen molar-refractivity contribution >= 4 is 17.6 Å². The minimum absolute atomic E-state index is 0.0961. The number of carbonyl (C=O) groups excluding carboxylic acids is 1. The topological polar surface area (TPSA) is 46.5 Å². The third kappa shape index (κ3) is 13.1. The van der Waals surface area contributed by atoms with Crippen molar-refractivity contribution < 1.29 is 14.6 Å². The summed E-state index contributed by atoms with van der Waals surface area (Å²) in [6.07, 6.45) is 11.8. The number of esters is 1. The van der Waals surface area contributed by atoms with E-state index in [1.54, 1.807) is 0 Å². The lowest BCUT2D eigenvalue weighted by Crippen LogP contribution is -2.20. The van der Waals surface area contributed by atoms with Gasteiger partial charge in [-0.1, -0.05) is 58.3 Å². The van der Waals surface area contributed by atoms with Crippen LogP contribution < -0.4 is 0 Å². The van der Waals surface area contributed by atoms with Crippen LogP contribution in [0, 0.1) is 0 Å². The van der Waals surface area contributed by atoms with E-state index in [1.165, 1.54) is 26.4 Å². The molecule has 0 aromatic rings. The molecule has 1 N–H and O–H groups in total. The highest BCUT2D eigenvalue weighted by Crippen LogP contribution is 2.18. The highest BCUT2D eigenvalue weighted by molar-refractivity contribution is 6.21. The number of unbranched alkanes of at least 4 members (excludes halogenated alkanes) is 7. The van der Waals surface area contributed by atoms with Crippen LogP contribution in [0.15, 0.2) is 0 Å². The van der Waals surface area contributed by atoms with Gasteiger partial charge >= 0.3 is 5.97 Å². The van der Waals surface area contributed by atoms with Gasteiger partial charge in [-0.05, 0) is 19.3 Å². The van der Waals surface area contributed by atoms with E-state index in [-0.39, 0.29) is 17.5 Å². The first-order valence-electron chi connectivity index (χ1n) is 8.50. The maximum absolute atomic E-state index is 10.9. The molecule has 0 amide bonds. The summed E-state index contributed by atoms with van der Waals surface area (Å²) in [4.78, 5) is 10.9. The van der Waals surface area contributed by atoms with Gasteiger partial charge in [0.1, 0.15) is 0 Å². The number of aliphatic hydroxyl groups is 1. The van der Waals surface area contributed by atoms with Crippen molar-refractivity contribution in [1.82, 2.24) is 0 Å². The zero-order valence-electron chi connectivity index (χ0n) is 13.8. The molecule has 126 valence electrons. The zero-order valence-corrected chi connectivity index (χ0v) is 14.5. The van der Waals surface area contributed by atoms with Crippen LogP contribution in [0.25, 0.3) is 0 Å². The van der Waals surface area contributed by atoms with Crippen LogP contribution in [-0.4, -0.2) is 29.7 Å². The van der Waals surface area contributed by atoms with E-state index in [0.717, 1.165) is 51.4 Å². The number of carbonyl (C=O) groups is 1. The first-order chi connectivity index (χ1) is 10.1. The monoisotopic (exact) mass is 320 g/mol. The first kappa shape index (κ1) is 20.7. The van der Waals surface area contributed by atoms with Gasteiger partial charge < -0.3 is 9.84 Å². The maximum Gasteiger partial charge on any atom is 0.305 e. The summed E-state index contributed by atoms with van der Waals surface area (Å²) in [5, 5.41) is 9.89. The average Bonchev–Trinajstić information content (AvgIpc) is 2.49. The molecule has 0 spiro atoms. The number of aliphatic hydroxyl groups excluding tert-OH is 1. The van der Waals surface area contributed by atoms with Crippen molar-refractivity contribution in [2.45, 2.75) is 95.5 Å². The smallest absolute Gasteiger partial charge is 0.305 e. The highest BCUT2D eigenvalue weighted by Gasteiger charge is 2.15. The molecule has 21 heavy (non-hydrogen) atoms. The second-order valence-corrected chi connectivity index (χ2v) is 6.38. The molecule has 0 unspecified atom stereocenters. The van der Waals surface area contributed by atoms with Gasteiger partial charge in [-0.2, -0.15) is 0 Å². The lowest BCUT2D eigenvalue weighted by Gasteiger charge is -2.16. The quantitative estimate of drug-likeness (QED) is 0.283. The molecule has 0 aliphatic carbocycles. The molecule has 2 atom stereocenters. The van der Waals surface area contributed by atoms with Gasteiger partial charge in [0, 0.05) is 6.42 Å². The second-order valence-electron chi connectivity index (χ2n) is 5.82. The van der Waals surface area contributed by atoms with Crippen molar-refractivity contribution in [3.8, 4) is 0 Å². The van der Waals surface area contributed by atoms with Crippen LogP contribution in [0.5, 0.6) is 0 Å². The molecule has 0 saturated carbocycles. The summed E-state index contributed by atoms with van der Waals surface area (Å²) in [6.45, 7) is 2.19. The molecule has 0 heterocycles. The van der Waals surface area contributed by atoms with Gasteiger partial charge in [-0.25, -0.2) is 0 Å².